The van der Waals surface area contributed by atoms with Crippen LogP contribution in [0.15, 0.2) is 0 Å². The van der Waals surface area contributed by atoms with Gasteiger partial charge < -0.3 is 20.1 Å². The number of rotatable bonds is 4. The normalized spacial score (nSPS) is 64.3. The highest BCUT2D eigenvalue weighted by atomic mass is 16.5. The number of hydrogen-bond donors (Lipinski definition) is 3. The van der Waals surface area contributed by atoms with E-state index in [1.807, 2.05) is 7.11 Å². The van der Waals surface area contributed by atoms with Crippen molar-refractivity contribution >= 4 is 0 Å². The molecule has 0 aromatic carbocycles. The fourth-order valence-electron chi connectivity index (χ4n) is 10.6. The third-order valence-electron chi connectivity index (χ3n) is 11.8. The number of methoxy groups -OCH3 is 1. The van der Waals surface area contributed by atoms with Crippen LogP contribution < -0.4 is 0 Å². The average molecular weight is 405 g/mol. The Morgan fingerprint density at radius 2 is 1.69 bits per heavy atom. The van der Waals surface area contributed by atoms with Crippen molar-refractivity contribution in [3.05, 3.63) is 0 Å². The Kier molecular flexibility index (Phi) is 3.90. The highest BCUT2D eigenvalue weighted by molar-refractivity contribution is 5.30. The molecular weight excluding hydrogens is 364 g/mol. The zero-order valence-corrected chi connectivity index (χ0v) is 18.4. The Bertz CT molecular complexity index is 711. The standard InChI is InChI=1S/C25H40O4/c1-22-8-5-14(27)13-24(22,28)18-11-15(18)20-17(22)6-9-23(2)21(20)16-12-19(16)25(23,29-3)7-4-10-26/h14-21,26-28H,4-13H2,1-3H3. The second-order valence-electron chi connectivity index (χ2n) is 12.3. The molecule has 12 atom stereocenters. The summed E-state index contributed by atoms with van der Waals surface area (Å²) in [5, 5.41) is 31.9. The second kappa shape index (κ2) is 5.79. The molecule has 0 aliphatic heterocycles. The van der Waals surface area contributed by atoms with Crippen LogP contribution in [0.5, 0.6) is 0 Å². The molecule has 0 bridgehead atoms. The monoisotopic (exact) mass is 404 g/mol. The SMILES string of the molecule is COC1(CCCO)C2CC2C2C3C4CC4C4(O)CC(O)CCC4(C)C3CCC21C. The van der Waals surface area contributed by atoms with Gasteiger partial charge in [-0.15, -0.1) is 0 Å². The Morgan fingerprint density at radius 3 is 2.41 bits per heavy atom. The minimum Gasteiger partial charge on any atom is -0.396 e. The summed E-state index contributed by atoms with van der Waals surface area (Å²) in [5.41, 5.74) is -0.540. The van der Waals surface area contributed by atoms with E-state index >= 15 is 0 Å². The van der Waals surface area contributed by atoms with Crippen molar-refractivity contribution in [1.82, 2.24) is 0 Å². The van der Waals surface area contributed by atoms with E-state index in [1.165, 1.54) is 25.7 Å². The van der Waals surface area contributed by atoms with Crippen molar-refractivity contribution < 1.29 is 20.1 Å². The van der Waals surface area contributed by atoms with Crippen molar-refractivity contribution in [3.63, 3.8) is 0 Å². The average Bonchev–Trinajstić information content (AvgIpc) is 3.58. The van der Waals surface area contributed by atoms with Gasteiger partial charge in [0, 0.05) is 25.6 Å². The summed E-state index contributed by atoms with van der Waals surface area (Å²) in [6, 6.07) is 0. The van der Waals surface area contributed by atoms with Crippen LogP contribution in [0.4, 0.5) is 0 Å². The minimum absolute atomic E-state index is 0.0380. The highest BCUT2D eigenvalue weighted by Gasteiger charge is 2.81. The molecule has 0 aromatic rings. The Labute approximate surface area is 175 Å². The minimum atomic E-state index is -0.652. The summed E-state index contributed by atoms with van der Waals surface area (Å²) < 4.78 is 6.43. The van der Waals surface area contributed by atoms with E-state index in [-0.39, 0.29) is 29.1 Å². The molecule has 0 amide bonds. The summed E-state index contributed by atoms with van der Waals surface area (Å²) in [6.07, 6.45) is 8.80. The predicted octanol–water partition coefficient (Wildman–Crippen LogP) is 3.37. The summed E-state index contributed by atoms with van der Waals surface area (Å²) in [7, 11) is 1.93. The molecule has 29 heavy (non-hydrogen) atoms. The Hall–Kier alpha value is -0.160. The Balaban J connectivity index is 1.39. The van der Waals surface area contributed by atoms with Gasteiger partial charge in [-0.3, -0.25) is 0 Å². The van der Waals surface area contributed by atoms with Gasteiger partial charge >= 0.3 is 0 Å². The molecule has 0 radical (unpaired) electrons. The first kappa shape index (κ1) is 19.5. The van der Waals surface area contributed by atoms with E-state index in [1.54, 1.807) is 0 Å². The van der Waals surface area contributed by atoms with E-state index < -0.39 is 5.60 Å². The lowest BCUT2D eigenvalue weighted by Gasteiger charge is -2.65. The van der Waals surface area contributed by atoms with Crippen LogP contribution in [0, 0.1) is 52.3 Å². The molecule has 6 rings (SSSR count). The van der Waals surface area contributed by atoms with Crippen LogP contribution in [-0.2, 0) is 4.74 Å². The van der Waals surface area contributed by atoms with Gasteiger partial charge in [0.05, 0.1) is 17.3 Å². The lowest BCUT2D eigenvalue weighted by atomic mass is 9.42. The maximum atomic E-state index is 11.9. The van der Waals surface area contributed by atoms with E-state index in [9.17, 15) is 15.3 Å². The van der Waals surface area contributed by atoms with Crippen molar-refractivity contribution in [2.45, 2.75) is 88.9 Å². The molecule has 6 aliphatic rings. The number of aliphatic hydroxyl groups is 3. The van der Waals surface area contributed by atoms with Crippen molar-refractivity contribution in [1.29, 1.82) is 0 Å². The molecule has 12 unspecified atom stereocenters. The molecule has 6 fully saturated rings. The Morgan fingerprint density at radius 1 is 0.966 bits per heavy atom. The molecule has 3 N–H and O–H groups in total. The fourth-order valence-corrected chi connectivity index (χ4v) is 10.6. The molecule has 4 heteroatoms. The van der Waals surface area contributed by atoms with Crippen molar-refractivity contribution in [3.8, 4) is 0 Å². The third kappa shape index (κ3) is 2.07. The van der Waals surface area contributed by atoms with Crippen LogP contribution in [0.3, 0.4) is 0 Å². The van der Waals surface area contributed by atoms with Gasteiger partial charge in [0.2, 0.25) is 0 Å². The van der Waals surface area contributed by atoms with Crippen LogP contribution in [0.2, 0.25) is 0 Å². The lowest BCUT2D eigenvalue weighted by molar-refractivity contribution is -0.240. The van der Waals surface area contributed by atoms with Crippen LogP contribution in [0.1, 0.15) is 71.6 Å². The molecule has 164 valence electrons. The molecular formula is C25H40O4. The van der Waals surface area contributed by atoms with E-state index in [0.717, 1.165) is 37.5 Å². The first-order valence-corrected chi connectivity index (χ1v) is 12.3. The summed E-state index contributed by atoms with van der Waals surface area (Å²) in [4.78, 5) is 0. The first-order chi connectivity index (χ1) is 13.8. The molecule has 6 aliphatic carbocycles. The molecule has 0 aromatic heterocycles. The second-order valence-corrected chi connectivity index (χ2v) is 12.3. The molecule has 6 saturated carbocycles. The predicted molar refractivity (Wildman–Crippen MR) is 110 cm³/mol. The number of aliphatic hydroxyl groups excluding tert-OH is 2. The summed E-state index contributed by atoms with van der Waals surface area (Å²) >= 11 is 0. The highest BCUT2D eigenvalue weighted by Crippen LogP contribution is 2.82. The first-order valence-electron chi connectivity index (χ1n) is 12.3. The van der Waals surface area contributed by atoms with Gasteiger partial charge in [-0.1, -0.05) is 13.8 Å². The maximum absolute atomic E-state index is 11.9. The molecule has 0 saturated heterocycles. The van der Waals surface area contributed by atoms with Gasteiger partial charge in [-0.05, 0) is 98.2 Å². The van der Waals surface area contributed by atoms with Crippen molar-refractivity contribution in [2.24, 2.45) is 52.3 Å². The largest absolute Gasteiger partial charge is 0.396 e. The van der Waals surface area contributed by atoms with Crippen LogP contribution in [-0.4, -0.2) is 46.3 Å². The zero-order valence-electron chi connectivity index (χ0n) is 18.4. The quantitative estimate of drug-likeness (QED) is 0.672. The smallest absolute Gasteiger partial charge is 0.0766 e. The van der Waals surface area contributed by atoms with Gasteiger partial charge in [0.25, 0.3) is 0 Å². The lowest BCUT2D eigenvalue weighted by Crippen LogP contribution is -2.65. The molecule has 0 heterocycles. The maximum Gasteiger partial charge on any atom is 0.0766 e. The number of hydrogen-bond acceptors (Lipinski definition) is 4. The summed E-state index contributed by atoms with van der Waals surface area (Å²) in [6.45, 7) is 5.15. The van der Waals surface area contributed by atoms with Gasteiger partial charge in [0.1, 0.15) is 0 Å². The van der Waals surface area contributed by atoms with Gasteiger partial charge in [-0.25, -0.2) is 0 Å². The summed E-state index contributed by atoms with van der Waals surface area (Å²) in [5.74, 6) is 4.54. The van der Waals surface area contributed by atoms with E-state index in [2.05, 4.69) is 13.8 Å². The van der Waals surface area contributed by atoms with Gasteiger partial charge in [0.15, 0.2) is 0 Å². The molecule has 0 spiro atoms. The number of fused-ring (bicyclic) bond motifs is 10. The van der Waals surface area contributed by atoms with Gasteiger partial charge in [-0.2, -0.15) is 0 Å². The van der Waals surface area contributed by atoms with E-state index in [4.69, 9.17) is 4.74 Å². The van der Waals surface area contributed by atoms with Crippen LogP contribution >= 0.6 is 0 Å². The van der Waals surface area contributed by atoms with Crippen LogP contribution in [0.25, 0.3) is 0 Å². The molecule has 4 nitrogen and oxygen atoms in total. The third-order valence-corrected chi connectivity index (χ3v) is 11.8. The number of ether oxygens (including phenoxy) is 1. The zero-order chi connectivity index (χ0) is 20.4. The van der Waals surface area contributed by atoms with E-state index in [0.29, 0.717) is 36.0 Å². The van der Waals surface area contributed by atoms with Crippen molar-refractivity contribution in [2.75, 3.05) is 13.7 Å². The topological polar surface area (TPSA) is 69.9 Å². The fraction of sp³-hybridized carbons (Fsp3) is 1.00.